The van der Waals surface area contributed by atoms with E-state index in [1.807, 2.05) is 6.07 Å². The number of nitrogens with zero attached hydrogens (tertiary/aromatic N) is 1. The molecular weight excluding hydrogens is 266 g/mol. The first-order chi connectivity index (χ1) is 9.05. The summed E-state index contributed by atoms with van der Waals surface area (Å²) >= 11 is 0. The van der Waals surface area contributed by atoms with Crippen molar-refractivity contribution < 1.29 is 13.2 Å². The molecule has 100 valence electrons. The van der Waals surface area contributed by atoms with E-state index in [4.69, 9.17) is 0 Å². The van der Waals surface area contributed by atoms with E-state index in [1.165, 1.54) is 0 Å². The number of rotatable bonds is 2. The molecule has 1 aromatic heterocycles. The number of benzene rings is 1. The molecule has 2 heterocycles. The van der Waals surface area contributed by atoms with Crippen molar-refractivity contribution in [3.63, 3.8) is 0 Å². The standard InChI is InChI=1S/C12H13N3O3S/c16-12(14-9-4-5-19(17,18)7-9)10-3-1-2-8-6-13-15-11(8)10/h1-3,6,9H,4-5,7H2,(H,13,15)(H,14,16)/t9-/m0/s1. The molecular formula is C12H13N3O3S. The monoisotopic (exact) mass is 279 g/mol. The Morgan fingerprint density at radius 3 is 3.00 bits per heavy atom. The number of carbonyl (C=O) groups is 1. The molecule has 2 N–H and O–H groups in total. The third-order valence-electron chi connectivity index (χ3n) is 3.29. The number of nitrogens with one attached hydrogen (secondary N) is 2. The lowest BCUT2D eigenvalue weighted by Crippen LogP contribution is -2.35. The second-order valence-corrected chi connectivity index (χ2v) is 6.94. The van der Waals surface area contributed by atoms with Gasteiger partial charge in [-0.2, -0.15) is 5.10 Å². The number of hydrogen-bond donors (Lipinski definition) is 2. The number of H-pyrrole nitrogens is 1. The summed E-state index contributed by atoms with van der Waals surface area (Å²) in [6.45, 7) is 0. The van der Waals surface area contributed by atoms with Gasteiger partial charge in [-0.3, -0.25) is 9.89 Å². The second-order valence-electron chi connectivity index (χ2n) is 4.71. The summed E-state index contributed by atoms with van der Waals surface area (Å²) in [5, 5.41) is 10.3. The minimum Gasteiger partial charge on any atom is -0.348 e. The van der Waals surface area contributed by atoms with Crippen LogP contribution in [0.2, 0.25) is 0 Å². The molecule has 1 aliphatic rings. The summed E-state index contributed by atoms with van der Waals surface area (Å²) in [6, 6.07) is 5.03. The maximum absolute atomic E-state index is 12.2. The fraction of sp³-hybridized carbons (Fsp3) is 0.333. The van der Waals surface area contributed by atoms with Crippen LogP contribution in [0.25, 0.3) is 10.9 Å². The summed E-state index contributed by atoms with van der Waals surface area (Å²) in [5.74, 6) is -0.0962. The molecule has 3 rings (SSSR count). The average molecular weight is 279 g/mol. The molecule has 0 radical (unpaired) electrons. The number of fused-ring (bicyclic) bond motifs is 1. The van der Waals surface area contributed by atoms with Gasteiger partial charge in [0.2, 0.25) is 0 Å². The van der Waals surface area contributed by atoms with E-state index >= 15 is 0 Å². The van der Waals surface area contributed by atoms with Crippen molar-refractivity contribution in [3.05, 3.63) is 30.0 Å². The van der Waals surface area contributed by atoms with Gasteiger partial charge in [0, 0.05) is 11.4 Å². The zero-order chi connectivity index (χ0) is 13.5. The highest BCUT2D eigenvalue weighted by molar-refractivity contribution is 7.91. The number of aromatic nitrogens is 2. The van der Waals surface area contributed by atoms with Gasteiger partial charge in [0.25, 0.3) is 5.91 Å². The zero-order valence-electron chi connectivity index (χ0n) is 10.1. The van der Waals surface area contributed by atoms with E-state index in [1.54, 1.807) is 18.3 Å². The Labute approximate surface area is 110 Å². The van der Waals surface area contributed by atoms with Gasteiger partial charge in [-0.15, -0.1) is 0 Å². The lowest BCUT2D eigenvalue weighted by atomic mass is 10.1. The number of para-hydroxylation sites is 1. The maximum Gasteiger partial charge on any atom is 0.253 e. The SMILES string of the molecule is O=C(N[C@H]1CCS(=O)(=O)C1)c1cccc2cn[nH]c12. The fourth-order valence-corrected chi connectivity index (χ4v) is 4.00. The Kier molecular flexibility index (Phi) is 2.78. The first-order valence-corrected chi connectivity index (χ1v) is 7.81. The van der Waals surface area contributed by atoms with Crippen LogP contribution in [0, 0.1) is 0 Å². The van der Waals surface area contributed by atoms with Crippen LogP contribution in [-0.4, -0.2) is 42.1 Å². The lowest BCUT2D eigenvalue weighted by Gasteiger charge is -2.11. The predicted octanol–water partition coefficient (Wildman–Crippen LogP) is 0.480. The molecule has 1 saturated heterocycles. The van der Waals surface area contributed by atoms with Gasteiger partial charge in [0.05, 0.1) is 28.8 Å². The van der Waals surface area contributed by atoms with Gasteiger partial charge in [0.1, 0.15) is 0 Å². The van der Waals surface area contributed by atoms with E-state index in [9.17, 15) is 13.2 Å². The molecule has 1 amide bonds. The highest BCUT2D eigenvalue weighted by Gasteiger charge is 2.29. The van der Waals surface area contributed by atoms with Crippen LogP contribution < -0.4 is 5.32 Å². The highest BCUT2D eigenvalue weighted by Crippen LogP contribution is 2.17. The number of sulfone groups is 1. The molecule has 19 heavy (non-hydrogen) atoms. The van der Waals surface area contributed by atoms with Crippen LogP contribution in [0.15, 0.2) is 24.4 Å². The van der Waals surface area contributed by atoms with Crippen LogP contribution in [0.4, 0.5) is 0 Å². The van der Waals surface area contributed by atoms with Crippen molar-refractivity contribution in [1.82, 2.24) is 15.5 Å². The van der Waals surface area contributed by atoms with Gasteiger partial charge >= 0.3 is 0 Å². The molecule has 0 aliphatic carbocycles. The summed E-state index contributed by atoms with van der Waals surface area (Å²) < 4.78 is 22.7. The van der Waals surface area contributed by atoms with Crippen molar-refractivity contribution in [1.29, 1.82) is 0 Å². The molecule has 1 atom stereocenters. The molecule has 1 aliphatic heterocycles. The van der Waals surface area contributed by atoms with Crippen molar-refractivity contribution in [2.75, 3.05) is 11.5 Å². The normalized spacial score (nSPS) is 21.6. The van der Waals surface area contributed by atoms with Crippen LogP contribution in [0.5, 0.6) is 0 Å². The maximum atomic E-state index is 12.2. The summed E-state index contributed by atoms with van der Waals surface area (Å²) in [5.41, 5.74) is 1.15. The topological polar surface area (TPSA) is 91.9 Å². The molecule has 7 heteroatoms. The van der Waals surface area contributed by atoms with Crippen molar-refractivity contribution in [3.8, 4) is 0 Å². The van der Waals surface area contributed by atoms with Crippen LogP contribution >= 0.6 is 0 Å². The quantitative estimate of drug-likeness (QED) is 0.836. The van der Waals surface area contributed by atoms with E-state index in [-0.39, 0.29) is 23.5 Å². The largest absolute Gasteiger partial charge is 0.348 e. The molecule has 0 unspecified atom stereocenters. The van der Waals surface area contributed by atoms with Gasteiger partial charge in [-0.05, 0) is 12.5 Å². The first kappa shape index (κ1) is 12.2. The third-order valence-corrected chi connectivity index (χ3v) is 5.06. The second kappa shape index (κ2) is 4.34. The minimum absolute atomic E-state index is 0.0255. The van der Waals surface area contributed by atoms with Crippen molar-refractivity contribution >= 4 is 26.6 Å². The summed E-state index contributed by atoms with van der Waals surface area (Å²) in [4.78, 5) is 12.2. The highest BCUT2D eigenvalue weighted by atomic mass is 32.2. The molecule has 0 spiro atoms. The van der Waals surface area contributed by atoms with Crippen LogP contribution in [-0.2, 0) is 9.84 Å². The van der Waals surface area contributed by atoms with Gasteiger partial charge in [0.15, 0.2) is 9.84 Å². The Bertz CT molecular complexity index is 736. The van der Waals surface area contributed by atoms with E-state index in [2.05, 4.69) is 15.5 Å². The van der Waals surface area contributed by atoms with E-state index in [0.29, 0.717) is 17.5 Å². The molecule has 2 aromatic rings. The van der Waals surface area contributed by atoms with Crippen molar-refractivity contribution in [2.24, 2.45) is 0 Å². The molecule has 0 saturated carbocycles. The summed E-state index contributed by atoms with van der Waals surface area (Å²) in [6.07, 6.45) is 2.12. The lowest BCUT2D eigenvalue weighted by molar-refractivity contribution is 0.0942. The number of aromatic amines is 1. The summed E-state index contributed by atoms with van der Waals surface area (Å²) in [7, 11) is -2.99. The van der Waals surface area contributed by atoms with Gasteiger partial charge < -0.3 is 5.32 Å². The first-order valence-electron chi connectivity index (χ1n) is 5.98. The van der Waals surface area contributed by atoms with E-state index in [0.717, 1.165) is 5.39 Å². The van der Waals surface area contributed by atoms with Gasteiger partial charge in [-0.1, -0.05) is 12.1 Å². The van der Waals surface area contributed by atoms with Crippen molar-refractivity contribution in [2.45, 2.75) is 12.5 Å². The molecule has 1 aromatic carbocycles. The molecule has 0 bridgehead atoms. The fourth-order valence-electron chi connectivity index (χ4n) is 2.33. The Balaban J connectivity index is 1.83. The van der Waals surface area contributed by atoms with Crippen LogP contribution in [0.3, 0.4) is 0 Å². The predicted molar refractivity (Wildman–Crippen MR) is 70.6 cm³/mol. The Hall–Kier alpha value is -1.89. The third kappa shape index (κ3) is 2.33. The van der Waals surface area contributed by atoms with Crippen LogP contribution in [0.1, 0.15) is 16.8 Å². The zero-order valence-corrected chi connectivity index (χ0v) is 10.9. The number of hydrogen-bond acceptors (Lipinski definition) is 4. The van der Waals surface area contributed by atoms with Gasteiger partial charge in [-0.25, -0.2) is 8.42 Å². The molecule has 1 fully saturated rings. The average Bonchev–Trinajstić information content (AvgIpc) is 2.94. The smallest absolute Gasteiger partial charge is 0.253 e. The Morgan fingerprint density at radius 1 is 1.42 bits per heavy atom. The van der Waals surface area contributed by atoms with E-state index < -0.39 is 9.84 Å². The minimum atomic E-state index is -2.99. The number of carbonyl (C=O) groups excluding carboxylic acids is 1. The molecule has 6 nitrogen and oxygen atoms in total. The Morgan fingerprint density at radius 2 is 2.26 bits per heavy atom. The number of amides is 1.